The van der Waals surface area contributed by atoms with Crippen LogP contribution in [0.3, 0.4) is 0 Å². The van der Waals surface area contributed by atoms with Crippen LogP contribution in [0.1, 0.15) is 20.3 Å². The van der Waals surface area contributed by atoms with Gasteiger partial charge in [0, 0.05) is 18.2 Å². The van der Waals surface area contributed by atoms with Crippen LogP contribution in [0.2, 0.25) is 5.02 Å². The highest BCUT2D eigenvalue weighted by atomic mass is 35.5. The van der Waals surface area contributed by atoms with E-state index in [-0.39, 0.29) is 12.3 Å². The predicted octanol–water partition coefficient (Wildman–Crippen LogP) is 1.45. The minimum atomic E-state index is -0.499. The van der Waals surface area contributed by atoms with Gasteiger partial charge in [-0.3, -0.25) is 4.79 Å². The highest BCUT2D eigenvalue weighted by Crippen LogP contribution is 2.17. The molecule has 0 aliphatic rings. The van der Waals surface area contributed by atoms with E-state index in [0.29, 0.717) is 16.6 Å². The lowest BCUT2D eigenvalue weighted by Gasteiger charge is -2.23. The largest absolute Gasteiger partial charge is 0.370 e. The minimum Gasteiger partial charge on any atom is -0.370 e. The number of carbonyl (C=O) groups excluding carboxylic acids is 1. The number of amides is 1. The van der Waals surface area contributed by atoms with Crippen molar-refractivity contribution in [2.45, 2.75) is 25.8 Å². The molecule has 18 heavy (non-hydrogen) atoms. The number of hydrogen-bond acceptors (Lipinski definition) is 4. The van der Waals surface area contributed by atoms with Crippen molar-refractivity contribution in [2.75, 3.05) is 5.32 Å². The van der Waals surface area contributed by atoms with Crippen LogP contribution in [0.5, 0.6) is 0 Å². The Bertz CT molecular complexity index is 592. The lowest BCUT2D eigenvalue weighted by Crippen LogP contribution is -2.36. The van der Waals surface area contributed by atoms with Gasteiger partial charge in [-0.2, -0.15) is 4.98 Å². The van der Waals surface area contributed by atoms with Crippen molar-refractivity contribution < 1.29 is 4.79 Å². The number of halogens is 1. The number of fused-ring (bicyclic) bond motifs is 1. The molecule has 0 spiro atoms. The molecule has 0 saturated heterocycles. The van der Waals surface area contributed by atoms with Gasteiger partial charge in [-0.25, -0.2) is 4.52 Å². The molecule has 6 nitrogen and oxygen atoms in total. The maximum atomic E-state index is 10.9. The zero-order valence-electron chi connectivity index (χ0n) is 10.1. The zero-order chi connectivity index (χ0) is 13.3. The molecule has 0 bridgehead atoms. The fourth-order valence-electron chi connectivity index (χ4n) is 1.69. The van der Waals surface area contributed by atoms with Gasteiger partial charge in [0.15, 0.2) is 5.65 Å². The van der Waals surface area contributed by atoms with Crippen molar-refractivity contribution in [2.24, 2.45) is 5.73 Å². The molecule has 2 rings (SSSR count). The number of nitrogens with one attached hydrogen (secondary N) is 1. The van der Waals surface area contributed by atoms with Gasteiger partial charge in [-0.05, 0) is 26.0 Å². The van der Waals surface area contributed by atoms with Crippen molar-refractivity contribution in [3.05, 3.63) is 23.4 Å². The van der Waals surface area contributed by atoms with Gasteiger partial charge in [-0.1, -0.05) is 11.6 Å². The first-order valence-corrected chi connectivity index (χ1v) is 5.82. The molecule has 0 unspecified atom stereocenters. The number of aromatic nitrogens is 3. The summed E-state index contributed by atoms with van der Waals surface area (Å²) in [5, 5.41) is 7.87. The summed E-state index contributed by atoms with van der Waals surface area (Å²) in [6.45, 7) is 3.72. The van der Waals surface area contributed by atoms with Crippen LogP contribution in [0.4, 0.5) is 5.95 Å². The van der Waals surface area contributed by atoms with E-state index >= 15 is 0 Å². The summed E-state index contributed by atoms with van der Waals surface area (Å²) in [5.74, 6) is 0.0582. The van der Waals surface area contributed by atoms with E-state index in [9.17, 15) is 4.79 Å². The monoisotopic (exact) mass is 267 g/mol. The number of hydrogen-bond donors (Lipinski definition) is 2. The normalized spacial score (nSPS) is 11.7. The fourth-order valence-corrected chi connectivity index (χ4v) is 1.85. The standard InChI is InChI=1S/C11H14ClN5O/c1-11(2,5-8(13)18)15-10-14-9-4-3-7(12)6-17(9)16-10/h3-4,6H,5H2,1-2H3,(H2,13,18)(H,15,16). The second-order valence-corrected chi connectivity index (χ2v) is 5.17. The summed E-state index contributed by atoms with van der Waals surface area (Å²) in [6.07, 6.45) is 1.86. The zero-order valence-corrected chi connectivity index (χ0v) is 10.9. The summed E-state index contributed by atoms with van der Waals surface area (Å²) in [6, 6.07) is 3.51. The van der Waals surface area contributed by atoms with Crippen LogP contribution >= 0.6 is 11.6 Å². The van der Waals surface area contributed by atoms with Crippen LogP contribution in [0.25, 0.3) is 5.65 Å². The minimum absolute atomic E-state index is 0.198. The Morgan fingerprint density at radius 1 is 1.56 bits per heavy atom. The maximum absolute atomic E-state index is 10.9. The van der Waals surface area contributed by atoms with E-state index in [0.717, 1.165) is 0 Å². The van der Waals surface area contributed by atoms with Gasteiger partial charge in [0.2, 0.25) is 11.9 Å². The SMILES string of the molecule is CC(C)(CC(N)=O)Nc1nc2ccc(Cl)cn2n1. The van der Waals surface area contributed by atoms with E-state index in [2.05, 4.69) is 15.4 Å². The molecule has 3 N–H and O–H groups in total. The third-order valence-electron chi connectivity index (χ3n) is 2.36. The van der Waals surface area contributed by atoms with Gasteiger partial charge in [-0.15, -0.1) is 5.10 Å². The molecule has 0 fully saturated rings. The van der Waals surface area contributed by atoms with Crippen molar-refractivity contribution in [3.63, 3.8) is 0 Å². The number of carbonyl (C=O) groups is 1. The Kier molecular flexibility index (Phi) is 3.13. The van der Waals surface area contributed by atoms with E-state index in [4.69, 9.17) is 17.3 Å². The molecule has 2 aromatic rings. The van der Waals surface area contributed by atoms with Crippen molar-refractivity contribution in [3.8, 4) is 0 Å². The van der Waals surface area contributed by atoms with E-state index in [1.807, 2.05) is 13.8 Å². The van der Waals surface area contributed by atoms with Gasteiger partial charge in [0.25, 0.3) is 0 Å². The Balaban J connectivity index is 2.24. The maximum Gasteiger partial charge on any atom is 0.243 e. The molecule has 2 heterocycles. The lowest BCUT2D eigenvalue weighted by atomic mass is 10.0. The number of primary amides is 1. The molecular formula is C11H14ClN5O. The molecule has 7 heteroatoms. The molecule has 1 amide bonds. The van der Waals surface area contributed by atoms with E-state index in [1.165, 1.54) is 0 Å². The Hall–Kier alpha value is -1.82. The Morgan fingerprint density at radius 2 is 2.28 bits per heavy atom. The Labute approximate surface area is 109 Å². The smallest absolute Gasteiger partial charge is 0.243 e. The molecule has 0 radical (unpaired) electrons. The molecule has 0 aromatic carbocycles. The summed E-state index contributed by atoms with van der Waals surface area (Å²) >= 11 is 5.86. The fraction of sp³-hybridized carbons (Fsp3) is 0.364. The van der Waals surface area contributed by atoms with Crippen LogP contribution in [0, 0.1) is 0 Å². The van der Waals surface area contributed by atoms with Crippen molar-refractivity contribution in [1.29, 1.82) is 0 Å². The number of rotatable bonds is 4. The topological polar surface area (TPSA) is 85.3 Å². The molecular weight excluding hydrogens is 254 g/mol. The summed E-state index contributed by atoms with van der Waals surface area (Å²) < 4.78 is 1.57. The molecule has 0 atom stereocenters. The third kappa shape index (κ3) is 2.89. The Morgan fingerprint density at radius 3 is 2.94 bits per heavy atom. The molecule has 0 saturated carbocycles. The number of anilines is 1. The predicted molar refractivity (Wildman–Crippen MR) is 69.5 cm³/mol. The van der Waals surface area contributed by atoms with Gasteiger partial charge in [0.05, 0.1) is 5.02 Å². The second kappa shape index (κ2) is 4.45. The van der Waals surface area contributed by atoms with Crippen LogP contribution in [0.15, 0.2) is 18.3 Å². The molecule has 0 aliphatic carbocycles. The third-order valence-corrected chi connectivity index (χ3v) is 2.58. The number of pyridine rings is 1. The van der Waals surface area contributed by atoms with Crippen LogP contribution in [-0.4, -0.2) is 26.0 Å². The lowest BCUT2D eigenvalue weighted by molar-refractivity contribution is -0.118. The quantitative estimate of drug-likeness (QED) is 0.878. The number of nitrogens with two attached hydrogens (primary N) is 1. The molecule has 96 valence electrons. The van der Waals surface area contributed by atoms with E-state index < -0.39 is 5.54 Å². The first kappa shape index (κ1) is 12.6. The first-order chi connectivity index (χ1) is 8.35. The van der Waals surface area contributed by atoms with Gasteiger partial charge in [0.1, 0.15) is 0 Å². The molecule has 0 aliphatic heterocycles. The average molecular weight is 268 g/mol. The summed E-state index contributed by atoms with van der Waals surface area (Å²) in [7, 11) is 0. The van der Waals surface area contributed by atoms with E-state index in [1.54, 1.807) is 22.8 Å². The molecule has 2 aromatic heterocycles. The van der Waals surface area contributed by atoms with Crippen LogP contribution in [-0.2, 0) is 4.79 Å². The second-order valence-electron chi connectivity index (χ2n) is 4.74. The van der Waals surface area contributed by atoms with Crippen molar-refractivity contribution in [1.82, 2.24) is 14.6 Å². The van der Waals surface area contributed by atoms with Gasteiger partial charge >= 0.3 is 0 Å². The first-order valence-electron chi connectivity index (χ1n) is 5.44. The van der Waals surface area contributed by atoms with Crippen molar-refractivity contribution >= 4 is 29.1 Å². The summed E-state index contributed by atoms with van der Waals surface area (Å²) in [4.78, 5) is 15.2. The van der Waals surface area contributed by atoms with Gasteiger partial charge < -0.3 is 11.1 Å². The number of nitrogens with zero attached hydrogens (tertiary/aromatic N) is 3. The highest BCUT2D eigenvalue weighted by molar-refractivity contribution is 6.30. The highest BCUT2D eigenvalue weighted by Gasteiger charge is 2.22. The average Bonchev–Trinajstić information content (AvgIpc) is 2.55. The van der Waals surface area contributed by atoms with Crippen LogP contribution < -0.4 is 11.1 Å². The summed E-state index contributed by atoms with van der Waals surface area (Å²) in [5.41, 5.74) is 5.36.